The van der Waals surface area contributed by atoms with Gasteiger partial charge in [0, 0.05) is 9.79 Å². The highest BCUT2D eigenvalue weighted by molar-refractivity contribution is 8.01. The lowest BCUT2D eigenvalue weighted by Crippen LogP contribution is -2.26. The van der Waals surface area contributed by atoms with Crippen molar-refractivity contribution >= 4 is 35.1 Å². The minimum atomic E-state index is 0.0135. The Bertz CT molecular complexity index is 378. The van der Waals surface area contributed by atoms with E-state index in [0.29, 0.717) is 0 Å². The maximum Gasteiger partial charge on any atom is 0.237 e. The van der Waals surface area contributed by atoms with Gasteiger partial charge in [0.2, 0.25) is 5.91 Å². The molecule has 1 aliphatic rings. The zero-order valence-corrected chi connectivity index (χ0v) is 9.67. The molecule has 0 spiro atoms. The fourth-order valence-corrected chi connectivity index (χ4v) is 2.81. The standard InChI is InChI=1S/C10H11NOS2/c1-6-10(12)11-8-4-3-7(13-2)5-9(8)14-6/h3-6H,1-2H3,(H,11,12). The summed E-state index contributed by atoms with van der Waals surface area (Å²) in [7, 11) is 0. The quantitative estimate of drug-likeness (QED) is 0.745. The topological polar surface area (TPSA) is 29.1 Å². The van der Waals surface area contributed by atoms with Crippen molar-refractivity contribution < 1.29 is 4.79 Å². The molecule has 74 valence electrons. The van der Waals surface area contributed by atoms with Crippen molar-refractivity contribution in [2.24, 2.45) is 0 Å². The Balaban J connectivity index is 2.37. The molecule has 1 aliphatic heterocycles. The van der Waals surface area contributed by atoms with Gasteiger partial charge in [-0.05, 0) is 31.4 Å². The zero-order valence-electron chi connectivity index (χ0n) is 8.03. The number of carbonyl (C=O) groups excluding carboxylic acids is 1. The molecule has 1 N–H and O–H groups in total. The summed E-state index contributed by atoms with van der Waals surface area (Å²) in [6.45, 7) is 1.93. The number of amides is 1. The van der Waals surface area contributed by atoms with Crippen LogP contribution >= 0.6 is 23.5 Å². The molecule has 0 radical (unpaired) electrons. The van der Waals surface area contributed by atoms with E-state index in [1.807, 2.05) is 19.1 Å². The summed E-state index contributed by atoms with van der Waals surface area (Å²) < 4.78 is 0. The van der Waals surface area contributed by atoms with Crippen molar-refractivity contribution in [3.63, 3.8) is 0 Å². The first kappa shape index (κ1) is 9.93. The van der Waals surface area contributed by atoms with Gasteiger partial charge >= 0.3 is 0 Å². The smallest absolute Gasteiger partial charge is 0.237 e. The Labute approximate surface area is 91.8 Å². The van der Waals surface area contributed by atoms with E-state index in [1.54, 1.807) is 23.5 Å². The summed E-state index contributed by atoms with van der Waals surface area (Å²) in [5.41, 5.74) is 0.941. The molecule has 1 atom stereocenters. The highest BCUT2D eigenvalue weighted by atomic mass is 32.2. The number of benzene rings is 1. The number of rotatable bonds is 1. The van der Waals surface area contributed by atoms with Gasteiger partial charge in [-0.3, -0.25) is 4.79 Å². The molecule has 1 heterocycles. The Morgan fingerprint density at radius 1 is 1.50 bits per heavy atom. The van der Waals surface area contributed by atoms with E-state index in [2.05, 4.69) is 17.6 Å². The first-order valence-corrected chi connectivity index (χ1v) is 6.46. The molecule has 0 aromatic heterocycles. The molecular weight excluding hydrogens is 214 g/mol. The maximum absolute atomic E-state index is 11.4. The minimum absolute atomic E-state index is 0.0135. The van der Waals surface area contributed by atoms with Gasteiger partial charge in [0.25, 0.3) is 0 Å². The molecule has 1 unspecified atom stereocenters. The first-order chi connectivity index (χ1) is 6.70. The number of hydrogen-bond acceptors (Lipinski definition) is 3. The second-order valence-corrected chi connectivity index (χ2v) is 5.37. The second kappa shape index (κ2) is 3.87. The molecule has 2 rings (SSSR count). The summed E-state index contributed by atoms with van der Waals surface area (Å²) in [6.07, 6.45) is 2.05. The molecular formula is C10H11NOS2. The van der Waals surface area contributed by atoms with E-state index in [4.69, 9.17) is 0 Å². The van der Waals surface area contributed by atoms with Gasteiger partial charge in [-0.25, -0.2) is 0 Å². The van der Waals surface area contributed by atoms with E-state index in [0.717, 1.165) is 5.69 Å². The average Bonchev–Trinajstić information content (AvgIpc) is 2.19. The molecule has 1 aromatic rings. The third kappa shape index (κ3) is 1.77. The Morgan fingerprint density at radius 3 is 3.00 bits per heavy atom. The minimum Gasteiger partial charge on any atom is -0.324 e. The molecule has 2 nitrogen and oxygen atoms in total. The Kier molecular flexibility index (Phi) is 2.74. The Morgan fingerprint density at radius 2 is 2.29 bits per heavy atom. The van der Waals surface area contributed by atoms with Gasteiger partial charge in [0.1, 0.15) is 0 Å². The van der Waals surface area contributed by atoms with Crippen LogP contribution < -0.4 is 5.32 Å². The fraction of sp³-hybridized carbons (Fsp3) is 0.300. The van der Waals surface area contributed by atoms with Gasteiger partial charge in [-0.1, -0.05) is 0 Å². The molecule has 0 bridgehead atoms. The highest BCUT2D eigenvalue weighted by Gasteiger charge is 2.22. The maximum atomic E-state index is 11.4. The SMILES string of the molecule is CSc1ccc2c(c1)SC(C)C(=O)N2. The molecule has 1 amide bonds. The summed E-state index contributed by atoms with van der Waals surface area (Å²) in [5, 5.41) is 2.91. The second-order valence-electron chi connectivity index (χ2n) is 3.11. The average molecular weight is 225 g/mol. The number of hydrogen-bond donors (Lipinski definition) is 1. The first-order valence-electron chi connectivity index (χ1n) is 4.36. The van der Waals surface area contributed by atoms with E-state index >= 15 is 0 Å². The number of fused-ring (bicyclic) bond motifs is 1. The third-order valence-electron chi connectivity index (χ3n) is 2.12. The van der Waals surface area contributed by atoms with Crippen molar-refractivity contribution in [3.05, 3.63) is 18.2 Å². The van der Waals surface area contributed by atoms with Crippen LogP contribution in [-0.4, -0.2) is 17.4 Å². The van der Waals surface area contributed by atoms with E-state index in [-0.39, 0.29) is 11.2 Å². The van der Waals surface area contributed by atoms with Crippen LogP contribution in [0.25, 0.3) is 0 Å². The van der Waals surface area contributed by atoms with Gasteiger partial charge in [-0.2, -0.15) is 0 Å². The molecule has 1 aromatic carbocycles. The van der Waals surface area contributed by atoms with Crippen LogP contribution in [0.15, 0.2) is 28.0 Å². The number of thioether (sulfide) groups is 2. The van der Waals surface area contributed by atoms with Crippen LogP contribution in [0.2, 0.25) is 0 Å². The van der Waals surface area contributed by atoms with Crippen LogP contribution in [0.4, 0.5) is 5.69 Å². The van der Waals surface area contributed by atoms with Crippen molar-refractivity contribution in [2.45, 2.75) is 22.0 Å². The normalized spacial score (nSPS) is 20.1. The fourth-order valence-electron chi connectivity index (χ4n) is 1.31. The largest absolute Gasteiger partial charge is 0.324 e. The zero-order chi connectivity index (χ0) is 10.1. The van der Waals surface area contributed by atoms with Crippen LogP contribution in [-0.2, 0) is 4.79 Å². The predicted octanol–water partition coefficient (Wildman–Crippen LogP) is 2.84. The van der Waals surface area contributed by atoms with Crippen LogP contribution in [0.5, 0.6) is 0 Å². The monoisotopic (exact) mass is 225 g/mol. The molecule has 4 heteroatoms. The van der Waals surface area contributed by atoms with Gasteiger partial charge < -0.3 is 5.32 Å². The number of anilines is 1. The highest BCUT2D eigenvalue weighted by Crippen LogP contribution is 2.37. The number of nitrogens with one attached hydrogen (secondary N) is 1. The molecule has 0 saturated heterocycles. The van der Waals surface area contributed by atoms with Gasteiger partial charge in [0.05, 0.1) is 10.9 Å². The van der Waals surface area contributed by atoms with Gasteiger partial charge in [0.15, 0.2) is 0 Å². The van der Waals surface area contributed by atoms with Crippen molar-refractivity contribution in [1.29, 1.82) is 0 Å². The van der Waals surface area contributed by atoms with E-state index in [9.17, 15) is 4.79 Å². The van der Waals surface area contributed by atoms with Crippen molar-refractivity contribution in [1.82, 2.24) is 0 Å². The molecule has 0 fully saturated rings. The molecule has 0 aliphatic carbocycles. The molecule has 14 heavy (non-hydrogen) atoms. The predicted molar refractivity (Wildman–Crippen MR) is 62.2 cm³/mol. The van der Waals surface area contributed by atoms with Crippen LogP contribution in [0, 0.1) is 0 Å². The lowest BCUT2D eigenvalue weighted by atomic mass is 10.3. The van der Waals surface area contributed by atoms with E-state index in [1.165, 1.54) is 9.79 Å². The summed E-state index contributed by atoms with van der Waals surface area (Å²) in [6, 6.07) is 6.12. The summed E-state index contributed by atoms with van der Waals surface area (Å²) in [4.78, 5) is 13.8. The van der Waals surface area contributed by atoms with Crippen molar-refractivity contribution in [2.75, 3.05) is 11.6 Å². The number of carbonyl (C=O) groups is 1. The lowest BCUT2D eigenvalue weighted by molar-refractivity contribution is -0.115. The van der Waals surface area contributed by atoms with Crippen LogP contribution in [0.1, 0.15) is 6.92 Å². The molecule has 0 saturated carbocycles. The van der Waals surface area contributed by atoms with E-state index < -0.39 is 0 Å². The summed E-state index contributed by atoms with van der Waals surface area (Å²) in [5.74, 6) is 0.0967. The lowest BCUT2D eigenvalue weighted by Gasteiger charge is -2.21. The van der Waals surface area contributed by atoms with Crippen LogP contribution in [0.3, 0.4) is 0 Å². The summed E-state index contributed by atoms with van der Waals surface area (Å²) >= 11 is 3.34. The third-order valence-corrected chi connectivity index (χ3v) is 4.00. The van der Waals surface area contributed by atoms with Gasteiger partial charge in [-0.15, -0.1) is 23.5 Å². The van der Waals surface area contributed by atoms with Crippen molar-refractivity contribution in [3.8, 4) is 0 Å². The Hall–Kier alpha value is -0.610.